The molecule has 0 aromatic rings. The monoisotopic (exact) mass is 446 g/mol. The minimum Gasteiger partial charge on any atom is -0.384 e. The number of aliphatic hydroxyl groups excluding tert-OH is 1. The lowest BCUT2D eigenvalue weighted by Crippen LogP contribution is -2.61. The molecule has 1 aliphatic rings. The van der Waals surface area contributed by atoms with Gasteiger partial charge in [0, 0.05) is 6.54 Å². The maximum absolute atomic E-state index is 14.3. The number of carbonyl (C=O) groups excluding carboxylic acids is 3. The molecule has 3 unspecified atom stereocenters. The van der Waals surface area contributed by atoms with Gasteiger partial charge in [0.05, 0.1) is 12.1 Å². The third kappa shape index (κ3) is 6.49. The molecule has 0 spiro atoms. The van der Waals surface area contributed by atoms with Crippen LogP contribution in [0.25, 0.3) is 0 Å². The fourth-order valence-electron chi connectivity index (χ4n) is 3.09. The number of hydrogen-bond acceptors (Lipinski definition) is 5. The molecule has 1 rings (SSSR count). The third-order valence-corrected chi connectivity index (χ3v) is 4.72. The van der Waals surface area contributed by atoms with Crippen molar-refractivity contribution in [3.8, 4) is 0 Å². The summed E-state index contributed by atoms with van der Waals surface area (Å²) in [4.78, 5) is 37.5. The van der Waals surface area contributed by atoms with Crippen LogP contribution in [0.5, 0.6) is 0 Å². The number of likely N-dealkylation sites (tertiary alicyclic amines) is 1. The summed E-state index contributed by atoms with van der Waals surface area (Å²) < 4.78 is 65.1. The van der Waals surface area contributed by atoms with Crippen molar-refractivity contribution in [2.75, 3.05) is 13.1 Å². The fraction of sp³-hybridized carbons (Fsp3) is 0.824. The van der Waals surface area contributed by atoms with E-state index in [9.17, 15) is 41.4 Å². The van der Waals surface area contributed by atoms with E-state index in [-0.39, 0.29) is 13.0 Å². The van der Waals surface area contributed by atoms with Gasteiger partial charge in [-0.05, 0) is 25.7 Å². The van der Waals surface area contributed by atoms with Gasteiger partial charge < -0.3 is 26.4 Å². The van der Waals surface area contributed by atoms with Crippen molar-refractivity contribution in [2.24, 2.45) is 11.7 Å². The Labute approximate surface area is 170 Å². The second-order valence-corrected chi connectivity index (χ2v) is 7.62. The maximum atomic E-state index is 14.3. The largest absolute Gasteiger partial charge is 0.405 e. The van der Waals surface area contributed by atoms with Crippen molar-refractivity contribution in [3.05, 3.63) is 0 Å². The van der Waals surface area contributed by atoms with Gasteiger partial charge >= 0.3 is 12.1 Å². The van der Waals surface area contributed by atoms with E-state index in [1.165, 1.54) is 25.7 Å². The van der Waals surface area contributed by atoms with Crippen LogP contribution in [0.3, 0.4) is 0 Å². The predicted molar refractivity (Wildman–Crippen MR) is 95.2 cm³/mol. The van der Waals surface area contributed by atoms with Crippen LogP contribution in [-0.2, 0) is 14.4 Å². The summed E-state index contributed by atoms with van der Waals surface area (Å²) in [5.41, 5.74) is 5.54. The highest BCUT2D eigenvalue weighted by molar-refractivity contribution is 5.90. The maximum Gasteiger partial charge on any atom is 0.405 e. The highest BCUT2D eigenvalue weighted by Crippen LogP contribution is 2.26. The molecule has 1 saturated heterocycles. The van der Waals surface area contributed by atoms with Crippen LogP contribution in [0.1, 0.15) is 33.6 Å². The zero-order valence-electron chi connectivity index (χ0n) is 16.8. The van der Waals surface area contributed by atoms with Crippen LogP contribution in [0, 0.1) is 5.92 Å². The Morgan fingerprint density at radius 3 is 2.20 bits per heavy atom. The summed E-state index contributed by atoms with van der Waals surface area (Å²) in [6, 6.07) is -3.55. The average molecular weight is 446 g/mol. The second kappa shape index (κ2) is 9.86. The first-order valence-corrected chi connectivity index (χ1v) is 9.37. The Kier molecular flexibility index (Phi) is 8.55. The number of hydrogen-bond donors (Lipinski definition) is 4. The van der Waals surface area contributed by atoms with E-state index in [0.29, 0.717) is 6.42 Å². The average Bonchev–Trinajstić information content (AvgIpc) is 3.11. The smallest absolute Gasteiger partial charge is 0.384 e. The van der Waals surface area contributed by atoms with Gasteiger partial charge in [-0.25, -0.2) is 0 Å². The van der Waals surface area contributed by atoms with Gasteiger partial charge in [0.25, 0.3) is 5.91 Å². The van der Waals surface area contributed by atoms with Crippen LogP contribution >= 0.6 is 0 Å². The van der Waals surface area contributed by atoms with Crippen LogP contribution in [0.4, 0.5) is 22.0 Å². The zero-order chi connectivity index (χ0) is 23.4. The molecule has 174 valence electrons. The van der Waals surface area contributed by atoms with Crippen LogP contribution in [0.2, 0.25) is 0 Å². The van der Waals surface area contributed by atoms with Gasteiger partial charge in [-0.3, -0.25) is 14.4 Å². The third-order valence-electron chi connectivity index (χ3n) is 4.72. The van der Waals surface area contributed by atoms with E-state index in [1.54, 1.807) is 0 Å². The summed E-state index contributed by atoms with van der Waals surface area (Å²) >= 11 is 0. The van der Waals surface area contributed by atoms with E-state index in [0.717, 1.165) is 5.32 Å². The van der Waals surface area contributed by atoms with E-state index in [2.05, 4.69) is 5.32 Å². The highest BCUT2D eigenvalue weighted by Gasteiger charge is 2.52. The first-order valence-electron chi connectivity index (χ1n) is 9.37. The molecule has 1 heterocycles. The van der Waals surface area contributed by atoms with Gasteiger partial charge in [0.2, 0.25) is 11.8 Å². The molecule has 3 amide bonds. The van der Waals surface area contributed by atoms with Gasteiger partial charge in [-0.2, -0.15) is 22.0 Å². The lowest BCUT2D eigenvalue weighted by Gasteiger charge is -2.34. The van der Waals surface area contributed by atoms with Crippen molar-refractivity contribution < 1.29 is 41.4 Å². The molecule has 13 heteroatoms. The number of amides is 3. The summed E-state index contributed by atoms with van der Waals surface area (Å²) in [5.74, 6) is -9.08. The number of aliphatic hydroxyl groups is 1. The Morgan fingerprint density at radius 1 is 1.17 bits per heavy atom. The topological polar surface area (TPSA) is 125 Å². The predicted octanol–water partition coefficient (Wildman–Crippen LogP) is 0.140. The van der Waals surface area contributed by atoms with E-state index in [4.69, 9.17) is 5.73 Å². The Bertz CT molecular complexity index is 642. The van der Waals surface area contributed by atoms with Crippen molar-refractivity contribution >= 4 is 17.7 Å². The van der Waals surface area contributed by atoms with Gasteiger partial charge in [0.1, 0.15) is 18.7 Å². The quantitative estimate of drug-likeness (QED) is 0.395. The lowest BCUT2D eigenvalue weighted by atomic mass is 9.93. The minimum atomic E-state index is -4.92. The number of halogens is 5. The van der Waals surface area contributed by atoms with E-state index < -0.39 is 66.5 Å². The molecule has 4 atom stereocenters. The highest BCUT2D eigenvalue weighted by atomic mass is 19.4. The van der Waals surface area contributed by atoms with Crippen LogP contribution in [-0.4, -0.2) is 77.1 Å². The lowest BCUT2D eigenvalue weighted by molar-refractivity contribution is -0.175. The van der Waals surface area contributed by atoms with Crippen LogP contribution in [0.15, 0.2) is 0 Å². The Balaban J connectivity index is 2.93. The van der Waals surface area contributed by atoms with Crippen LogP contribution < -0.4 is 16.4 Å². The van der Waals surface area contributed by atoms with E-state index >= 15 is 0 Å². The van der Waals surface area contributed by atoms with Gasteiger partial charge in [-0.1, -0.05) is 13.8 Å². The molecule has 0 aromatic heterocycles. The van der Waals surface area contributed by atoms with Gasteiger partial charge in [-0.15, -0.1) is 0 Å². The number of carbonyl (C=O) groups is 3. The number of rotatable bonds is 8. The summed E-state index contributed by atoms with van der Waals surface area (Å²) in [7, 11) is 0. The Morgan fingerprint density at radius 2 is 1.73 bits per heavy atom. The van der Waals surface area contributed by atoms with Crippen molar-refractivity contribution in [2.45, 2.75) is 69.9 Å². The number of nitrogens with two attached hydrogens (primary N) is 1. The SMILES string of the molecule is CC(C)C(NC(=O)C1CCCN1C(=O)[C@H](C)N)C(O)C(F)(F)C(=O)NCC(F)(F)F. The summed E-state index contributed by atoms with van der Waals surface area (Å²) in [5, 5.41) is 13.3. The van der Waals surface area contributed by atoms with E-state index in [1.807, 2.05) is 0 Å². The summed E-state index contributed by atoms with van der Waals surface area (Å²) in [6.45, 7) is 2.41. The molecule has 0 saturated carbocycles. The first kappa shape index (κ1) is 26.0. The van der Waals surface area contributed by atoms with Gasteiger partial charge in [0.15, 0.2) is 0 Å². The molecule has 0 aliphatic carbocycles. The molecule has 1 fully saturated rings. The molecule has 0 bridgehead atoms. The standard InChI is InChI=1S/C17H27F5N4O4/c1-8(2)11(12(27)17(21,22)15(30)24-7-16(18,19)20)25-13(28)10-5-4-6-26(10)14(29)9(3)23/h8-12,27H,4-7,23H2,1-3H3,(H,24,30)(H,25,28)/t9-,10?,11?,12?/m0/s1. The number of nitrogens with zero attached hydrogens (tertiary/aromatic N) is 1. The Hall–Kier alpha value is -2.02. The number of alkyl halides is 5. The molecular weight excluding hydrogens is 419 g/mol. The number of nitrogens with one attached hydrogen (secondary N) is 2. The molecule has 0 aromatic carbocycles. The minimum absolute atomic E-state index is 0.239. The fourth-order valence-corrected chi connectivity index (χ4v) is 3.09. The molecule has 30 heavy (non-hydrogen) atoms. The normalized spacial score (nSPS) is 20.6. The van der Waals surface area contributed by atoms with Crippen molar-refractivity contribution in [3.63, 3.8) is 0 Å². The first-order chi connectivity index (χ1) is 13.6. The molecule has 0 radical (unpaired) electrons. The molecule has 8 nitrogen and oxygen atoms in total. The molecule has 5 N–H and O–H groups in total. The second-order valence-electron chi connectivity index (χ2n) is 7.62. The molecular formula is C17H27F5N4O4. The van der Waals surface area contributed by atoms with Crippen molar-refractivity contribution in [1.29, 1.82) is 0 Å². The summed E-state index contributed by atoms with van der Waals surface area (Å²) in [6.07, 6.45) is -7.00. The van der Waals surface area contributed by atoms with Crippen molar-refractivity contribution in [1.82, 2.24) is 15.5 Å². The molecule has 1 aliphatic heterocycles. The zero-order valence-corrected chi connectivity index (χ0v) is 16.8.